The molecule has 24 heavy (non-hydrogen) atoms. The van der Waals surface area contributed by atoms with Gasteiger partial charge in [0.2, 0.25) is 5.91 Å². The summed E-state index contributed by atoms with van der Waals surface area (Å²) < 4.78 is 23.8. The highest BCUT2D eigenvalue weighted by Gasteiger charge is 2.27. The van der Waals surface area contributed by atoms with E-state index in [4.69, 9.17) is 0 Å². The normalized spacial score (nSPS) is 12.6. The summed E-state index contributed by atoms with van der Waals surface area (Å²) in [6.45, 7) is 6.86. The molecule has 2 aromatic rings. The predicted octanol–water partition coefficient (Wildman–Crippen LogP) is 3.30. The molecule has 0 fully saturated rings. The molecule has 2 rings (SSSR count). The van der Waals surface area contributed by atoms with E-state index in [2.05, 4.69) is 23.8 Å². The van der Waals surface area contributed by atoms with E-state index in [1.807, 2.05) is 29.6 Å². The van der Waals surface area contributed by atoms with Crippen molar-refractivity contribution in [1.29, 1.82) is 0 Å². The number of anilines is 1. The third kappa shape index (κ3) is 4.30. The van der Waals surface area contributed by atoms with Gasteiger partial charge >= 0.3 is 0 Å². The van der Waals surface area contributed by atoms with Gasteiger partial charge in [0, 0.05) is 10.9 Å². The number of carbonyl (C=O) groups is 1. The van der Waals surface area contributed by atoms with E-state index in [0.29, 0.717) is 5.13 Å². The first-order valence-corrected chi connectivity index (χ1v) is 10.1. The first-order valence-electron chi connectivity index (χ1n) is 7.55. The van der Waals surface area contributed by atoms with E-state index in [1.54, 1.807) is 0 Å². The Morgan fingerprint density at radius 3 is 2.62 bits per heavy atom. The predicted molar refractivity (Wildman–Crippen MR) is 99.0 cm³/mol. The molecule has 0 bridgehead atoms. The Morgan fingerprint density at radius 1 is 1.38 bits per heavy atom. The zero-order valence-electron chi connectivity index (χ0n) is 13.7. The maximum atomic E-state index is 12.1. The number of hydrogen-bond donors (Lipinski definition) is 1. The van der Waals surface area contributed by atoms with Crippen LogP contribution in [-0.2, 0) is 21.1 Å². The van der Waals surface area contributed by atoms with Crippen LogP contribution in [0.25, 0.3) is 11.3 Å². The van der Waals surface area contributed by atoms with E-state index >= 15 is 0 Å². The van der Waals surface area contributed by atoms with Crippen molar-refractivity contribution in [3.8, 4) is 11.3 Å². The van der Waals surface area contributed by atoms with Gasteiger partial charge in [0.05, 0.1) is 11.4 Å². The Kier molecular flexibility index (Phi) is 5.90. The number of nitrogens with zero attached hydrogens (tertiary/aromatic N) is 1. The number of carbonyl (C=O) groups excluding carboxylic acids is 1. The van der Waals surface area contributed by atoms with Crippen LogP contribution in [0.3, 0.4) is 0 Å². The fourth-order valence-electron chi connectivity index (χ4n) is 2.05. The monoisotopic (exact) mass is 364 g/mol. The van der Waals surface area contributed by atoms with Crippen LogP contribution in [0.5, 0.6) is 0 Å². The second kappa shape index (κ2) is 7.72. The molecule has 0 saturated carbocycles. The molecule has 1 unspecified atom stereocenters. The zero-order chi connectivity index (χ0) is 17.7. The zero-order valence-corrected chi connectivity index (χ0v) is 15.3. The summed E-state index contributed by atoms with van der Waals surface area (Å²) in [7, 11) is -3.54. The van der Waals surface area contributed by atoms with Crippen molar-refractivity contribution in [1.82, 2.24) is 4.98 Å². The number of hydrogen-bond acceptors (Lipinski definition) is 5. The number of aromatic nitrogens is 1. The highest BCUT2D eigenvalue weighted by Crippen LogP contribution is 2.25. The lowest BCUT2D eigenvalue weighted by molar-refractivity contribution is -0.115. The lowest BCUT2D eigenvalue weighted by Crippen LogP contribution is -2.33. The smallest absolute Gasteiger partial charge is 0.244 e. The molecule has 0 radical (unpaired) electrons. The number of amides is 1. The van der Waals surface area contributed by atoms with Crippen molar-refractivity contribution in [2.75, 3.05) is 11.1 Å². The van der Waals surface area contributed by atoms with E-state index in [9.17, 15) is 13.2 Å². The highest BCUT2D eigenvalue weighted by atomic mass is 32.2. The van der Waals surface area contributed by atoms with Gasteiger partial charge in [-0.15, -0.1) is 17.9 Å². The Hall–Kier alpha value is -1.99. The van der Waals surface area contributed by atoms with Crippen LogP contribution >= 0.6 is 11.3 Å². The van der Waals surface area contributed by atoms with E-state index in [0.717, 1.165) is 17.7 Å². The minimum atomic E-state index is -3.54. The van der Waals surface area contributed by atoms with Crippen molar-refractivity contribution < 1.29 is 13.2 Å². The van der Waals surface area contributed by atoms with Gasteiger partial charge in [-0.05, 0) is 18.9 Å². The number of nitrogens with one attached hydrogen (secondary N) is 1. The second-order valence-corrected chi connectivity index (χ2v) is 8.56. The van der Waals surface area contributed by atoms with Crippen molar-refractivity contribution in [2.24, 2.45) is 0 Å². The van der Waals surface area contributed by atoms with Gasteiger partial charge in [-0.1, -0.05) is 37.3 Å². The van der Waals surface area contributed by atoms with Gasteiger partial charge in [-0.3, -0.25) is 4.79 Å². The fourth-order valence-corrected chi connectivity index (χ4v) is 3.78. The molecule has 1 aromatic heterocycles. The highest BCUT2D eigenvalue weighted by molar-refractivity contribution is 7.92. The van der Waals surface area contributed by atoms with Crippen LogP contribution in [-0.4, -0.2) is 30.3 Å². The molecule has 1 atom stereocenters. The van der Waals surface area contributed by atoms with Gasteiger partial charge in [-0.2, -0.15) is 0 Å². The van der Waals surface area contributed by atoms with Crippen LogP contribution in [0, 0.1) is 0 Å². The SMILES string of the molecule is C=CCS(=O)(=O)C(C)C(=O)Nc1nc(-c2ccc(CC)cc2)cs1. The summed E-state index contributed by atoms with van der Waals surface area (Å²) >= 11 is 1.27. The topological polar surface area (TPSA) is 76.1 Å². The van der Waals surface area contributed by atoms with Crippen LogP contribution in [0.1, 0.15) is 19.4 Å². The summed E-state index contributed by atoms with van der Waals surface area (Å²) in [5, 5.41) is 3.64. The molecular weight excluding hydrogens is 344 g/mol. The molecule has 7 heteroatoms. The average Bonchev–Trinajstić information content (AvgIpc) is 3.02. The number of benzene rings is 1. The lowest BCUT2D eigenvalue weighted by atomic mass is 10.1. The first-order chi connectivity index (χ1) is 11.4. The van der Waals surface area contributed by atoms with E-state index < -0.39 is 21.0 Å². The maximum absolute atomic E-state index is 12.1. The Balaban J connectivity index is 2.10. The lowest BCUT2D eigenvalue weighted by Gasteiger charge is -2.10. The average molecular weight is 364 g/mol. The summed E-state index contributed by atoms with van der Waals surface area (Å²) in [4.78, 5) is 16.5. The second-order valence-electron chi connectivity index (χ2n) is 5.34. The first kappa shape index (κ1) is 18.4. The standard InChI is InChI=1S/C17H20N2O3S2/c1-4-10-24(21,22)12(3)16(20)19-17-18-15(11-23-17)14-8-6-13(5-2)7-9-14/h4,6-9,11-12H,1,5,10H2,2-3H3,(H,18,19,20). The van der Waals surface area contributed by atoms with Gasteiger partial charge in [-0.25, -0.2) is 13.4 Å². The van der Waals surface area contributed by atoms with E-state index in [1.165, 1.54) is 29.9 Å². The molecule has 128 valence electrons. The van der Waals surface area contributed by atoms with Gasteiger partial charge < -0.3 is 5.32 Å². The molecule has 0 spiro atoms. The quantitative estimate of drug-likeness (QED) is 0.765. The fraction of sp³-hybridized carbons (Fsp3) is 0.294. The summed E-state index contributed by atoms with van der Waals surface area (Å²) in [5.74, 6) is -0.812. The molecule has 1 N–H and O–H groups in total. The van der Waals surface area contributed by atoms with Crippen molar-refractivity contribution >= 4 is 32.2 Å². The van der Waals surface area contributed by atoms with Crippen molar-refractivity contribution in [3.05, 3.63) is 47.9 Å². The third-order valence-corrected chi connectivity index (χ3v) is 6.40. The van der Waals surface area contributed by atoms with Crippen LogP contribution < -0.4 is 5.32 Å². The van der Waals surface area contributed by atoms with Gasteiger partial charge in [0.25, 0.3) is 0 Å². The molecule has 1 heterocycles. The van der Waals surface area contributed by atoms with Crippen LogP contribution in [0.4, 0.5) is 5.13 Å². The number of aryl methyl sites for hydroxylation is 1. The molecule has 0 saturated heterocycles. The number of sulfone groups is 1. The summed E-state index contributed by atoms with van der Waals surface area (Å²) in [6, 6.07) is 8.04. The molecular formula is C17H20N2O3S2. The van der Waals surface area contributed by atoms with Crippen molar-refractivity contribution in [2.45, 2.75) is 25.5 Å². The summed E-state index contributed by atoms with van der Waals surface area (Å²) in [5.41, 5.74) is 2.94. The molecule has 0 aliphatic heterocycles. The minimum Gasteiger partial charge on any atom is -0.301 e. The largest absolute Gasteiger partial charge is 0.301 e. The molecule has 0 aliphatic rings. The number of rotatable bonds is 7. The molecule has 5 nitrogen and oxygen atoms in total. The van der Waals surface area contributed by atoms with Crippen LogP contribution in [0.15, 0.2) is 42.3 Å². The Labute approximate surface area is 146 Å². The summed E-state index contributed by atoms with van der Waals surface area (Å²) in [6.07, 6.45) is 2.25. The third-order valence-electron chi connectivity index (χ3n) is 3.65. The Bertz CT molecular complexity index is 824. The van der Waals surface area contributed by atoms with Crippen LogP contribution in [0.2, 0.25) is 0 Å². The van der Waals surface area contributed by atoms with Gasteiger partial charge in [0.1, 0.15) is 5.25 Å². The van der Waals surface area contributed by atoms with E-state index in [-0.39, 0.29) is 5.75 Å². The van der Waals surface area contributed by atoms with Crippen molar-refractivity contribution in [3.63, 3.8) is 0 Å². The van der Waals surface area contributed by atoms with Gasteiger partial charge in [0.15, 0.2) is 15.0 Å². The minimum absolute atomic E-state index is 0.228. The maximum Gasteiger partial charge on any atom is 0.244 e. The molecule has 0 aliphatic carbocycles. The molecule has 1 amide bonds. The molecule has 1 aromatic carbocycles. The number of thiazole rings is 1. The Morgan fingerprint density at radius 2 is 2.04 bits per heavy atom.